The number of hydrogen-bond acceptors (Lipinski definition) is 13. The zero-order valence-electron chi connectivity index (χ0n) is 44.5. The topological polar surface area (TPSA) is 163 Å². The summed E-state index contributed by atoms with van der Waals surface area (Å²) in [7, 11) is 8.29. The second kappa shape index (κ2) is 24.9. The Kier molecular flexibility index (Phi) is 18.0. The first kappa shape index (κ1) is 53.5. The predicted molar refractivity (Wildman–Crippen MR) is 289 cm³/mol. The minimum atomic E-state index is -0.211. The van der Waals surface area contributed by atoms with Gasteiger partial charge in [0, 0.05) is 125 Å². The number of carbonyl (C=O) groups is 3. The smallest absolute Gasteiger partial charge is 0.287 e. The first-order valence-electron chi connectivity index (χ1n) is 26.3. The second-order valence-electron chi connectivity index (χ2n) is 19.3. The van der Waals surface area contributed by atoms with Crippen LogP contribution in [0.15, 0.2) is 85.2 Å². The summed E-state index contributed by atoms with van der Waals surface area (Å²) in [6, 6.07) is 23.8. The summed E-state index contributed by atoms with van der Waals surface area (Å²) >= 11 is 0. The molecule has 0 aliphatic carbocycles. The van der Waals surface area contributed by atoms with Crippen molar-refractivity contribution in [1.29, 1.82) is 0 Å². The van der Waals surface area contributed by atoms with Gasteiger partial charge in [-0.05, 0) is 105 Å². The van der Waals surface area contributed by atoms with Crippen LogP contribution in [0, 0.1) is 0 Å². The maximum absolute atomic E-state index is 13.9. The maximum atomic E-state index is 13.9. The molecule has 4 aliphatic heterocycles. The molecule has 3 N–H and O–H groups in total. The summed E-state index contributed by atoms with van der Waals surface area (Å²) in [5, 5.41) is 2.97. The van der Waals surface area contributed by atoms with Gasteiger partial charge in [0.1, 0.15) is 0 Å². The van der Waals surface area contributed by atoms with E-state index in [1.807, 2.05) is 70.5 Å². The van der Waals surface area contributed by atoms with Crippen LogP contribution in [0.25, 0.3) is 0 Å². The summed E-state index contributed by atoms with van der Waals surface area (Å²) in [5.74, 6) is 2.91. The van der Waals surface area contributed by atoms with Crippen molar-refractivity contribution in [2.75, 3.05) is 117 Å². The Balaban J connectivity index is 0.000000202. The van der Waals surface area contributed by atoms with E-state index in [9.17, 15) is 14.4 Å². The minimum Gasteiger partial charge on any atom is -0.493 e. The van der Waals surface area contributed by atoms with Crippen molar-refractivity contribution >= 4 is 29.1 Å². The van der Waals surface area contributed by atoms with E-state index in [1.54, 1.807) is 52.4 Å². The molecule has 0 unspecified atom stereocenters. The number of carbonyl (C=O) groups excluding carboxylic acids is 3. The Hall–Kier alpha value is -6.82. The van der Waals surface area contributed by atoms with E-state index in [0.717, 1.165) is 117 Å². The molecule has 2 atom stereocenters. The van der Waals surface area contributed by atoms with Gasteiger partial charge in [-0.1, -0.05) is 38.1 Å². The van der Waals surface area contributed by atoms with Gasteiger partial charge in [0.05, 0.1) is 40.5 Å². The molecule has 17 heteroatoms. The maximum Gasteiger partial charge on any atom is 0.287 e. The predicted octanol–water partition coefficient (Wildman–Crippen LogP) is 6.77. The highest BCUT2D eigenvalue weighted by atomic mass is 16.5. The van der Waals surface area contributed by atoms with Crippen LogP contribution < -0.4 is 39.8 Å². The molecule has 0 saturated carbocycles. The molecule has 2 saturated heterocycles. The summed E-state index contributed by atoms with van der Waals surface area (Å²) in [6.07, 6.45) is 6.34. The first-order valence-corrected chi connectivity index (χ1v) is 26.3. The Morgan fingerprint density at radius 3 is 1.50 bits per heavy atom. The molecule has 2 fully saturated rings. The molecule has 3 amide bonds. The van der Waals surface area contributed by atoms with Crippen molar-refractivity contribution in [3.63, 3.8) is 0 Å². The molecule has 5 aromatic rings. The molecule has 0 spiro atoms. The normalized spacial score (nSPS) is 16.6. The van der Waals surface area contributed by atoms with Crippen molar-refractivity contribution in [3.05, 3.63) is 124 Å². The summed E-state index contributed by atoms with van der Waals surface area (Å²) < 4.78 is 23.7. The van der Waals surface area contributed by atoms with Crippen molar-refractivity contribution in [2.45, 2.75) is 64.7 Å². The van der Waals surface area contributed by atoms with Crippen LogP contribution in [0.3, 0.4) is 0 Å². The lowest BCUT2D eigenvalue weighted by Crippen LogP contribution is -2.46. The number of fused-ring (bicyclic) bond motifs is 2. The number of nitrogens with one attached hydrogen (secondary N) is 1. The molecule has 0 radical (unpaired) electrons. The molecule has 5 heterocycles. The number of benzene rings is 4. The Morgan fingerprint density at radius 2 is 1.09 bits per heavy atom. The molecule has 17 nitrogen and oxygen atoms in total. The van der Waals surface area contributed by atoms with Crippen LogP contribution in [0.2, 0.25) is 0 Å². The van der Waals surface area contributed by atoms with Gasteiger partial charge in [-0.25, -0.2) is 4.98 Å². The number of imidazole rings is 1. The molecule has 74 heavy (non-hydrogen) atoms. The van der Waals surface area contributed by atoms with E-state index in [1.165, 1.54) is 5.69 Å². The molecule has 396 valence electrons. The van der Waals surface area contributed by atoms with Gasteiger partial charge in [0.15, 0.2) is 28.8 Å². The van der Waals surface area contributed by atoms with E-state index in [2.05, 4.69) is 55.9 Å². The van der Waals surface area contributed by atoms with Crippen LogP contribution in [-0.4, -0.2) is 154 Å². The average Bonchev–Trinajstić information content (AvgIpc) is 4.14. The van der Waals surface area contributed by atoms with Crippen molar-refractivity contribution in [2.24, 2.45) is 12.8 Å². The van der Waals surface area contributed by atoms with Gasteiger partial charge in [0.2, 0.25) is 0 Å². The second-order valence-corrected chi connectivity index (χ2v) is 19.3. The van der Waals surface area contributed by atoms with Gasteiger partial charge < -0.3 is 64.0 Å². The number of ether oxygens (including phenoxy) is 4. The number of anilines is 2. The van der Waals surface area contributed by atoms with Gasteiger partial charge in [-0.2, -0.15) is 0 Å². The average molecular weight is 1010 g/mol. The number of hydrogen-bond donors (Lipinski definition) is 2. The van der Waals surface area contributed by atoms with Gasteiger partial charge in [-0.3, -0.25) is 14.4 Å². The quantitative estimate of drug-likeness (QED) is 0.0787. The highest BCUT2D eigenvalue weighted by Gasteiger charge is 2.38. The molecule has 1 aromatic heterocycles. The Morgan fingerprint density at radius 1 is 0.635 bits per heavy atom. The standard InChI is InChI=1S/C31H40N6O4.C26H36N4O3/c1-5-35-16-18-36(19-17-35)26-9-6-8-23-24(26)21-37(31(23)39)25(22-11-12-27(40-3)28(20-22)41-4)10-7-13-33-30(38)29-32-14-15-34(29)2;1-4-28-13-15-29(16-14-28)23-8-5-7-20-21(23)18-30(26(20)31)22(9-6-12-27)19-10-11-24(32-2)25(17-19)33-3/h6,8-9,11-12,14-15,20,25H,5,7,10,13,16-19,21H2,1-4H3,(H,33,38);5,7-8,10-11,17,22H,4,6,9,12-16,18,27H2,1-3H3/t25-;22-/m11/s1. The van der Waals surface area contributed by atoms with Crippen LogP contribution in [-0.2, 0) is 20.1 Å². The zero-order valence-corrected chi connectivity index (χ0v) is 44.5. The Labute approximate surface area is 437 Å². The molecular formula is C57H76N10O7. The monoisotopic (exact) mass is 1010 g/mol. The number of likely N-dealkylation sites (N-methyl/N-ethyl adjacent to an activating group) is 2. The lowest BCUT2D eigenvalue weighted by molar-refractivity contribution is 0.0682. The first-order chi connectivity index (χ1) is 36.0. The fourth-order valence-electron chi connectivity index (χ4n) is 11.0. The SMILES string of the molecule is CCN1CCN(c2cccc3c2CN([C@H](CCCN)c2ccc(OC)c(OC)c2)C3=O)CC1.CCN1CCN(c2cccc3c2CN([C@H](CCCNC(=O)c2nccn2C)c2ccc(OC)c(OC)c2)C3=O)CC1. The number of amides is 3. The number of methoxy groups -OCH3 is 4. The fourth-order valence-corrected chi connectivity index (χ4v) is 11.0. The third-order valence-electron chi connectivity index (χ3n) is 15.2. The van der Waals surface area contributed by atoms with E-state index in [0.29, 0.717) is 67.8 Å². The number of piperazine rings is 2. The summed E-state index contributed by atoms with van der Waals surface area (Å²) in [4.78, 5) is 58.0. The minimum absolute atomic E-state index is 0.0332. The largest absolute Gasteiger partial charge is 0.493 e. The molecule has 0 bridgehead atoms. The van der Waals surface area contributed by atoms with Gasteiger partial charge in [0.25, 0.3) is 17.7 Å². The van der Waals surface area contributed by atoms with Gasteiger partial charge >= 0.3 is 0 Å². The summed E-state index contributed by atoms with van der Waals surface area (Å²) in [5.41, 5.74) is 14.1. The molecule has 4 aromatic carbocycles. The van der Waals surface area contributed by atoms with Crippen molar-refractivity contribution < 1.29 is 33.3 Å². The third-order valence-corrected chi connectivity index (χ3v) is 15.2. The number of aryl methyl sites for hydroxylation is 1. The lowest BCUT2D eigenvalue weighted by Gasteiger charge is -2.36. The number of aromatic nitrogens is 2. The fraction of sp³-hybridized carbons (Fsp3) is 0.474. The number of nitrogens with zero attached hydrogens (tertiary/aromatic N) is 8. The highest BCUT2D eigenvalue weighted by Crippen LogP contribution is 2.42. The third kappa shape index (κ3) is 11.6. The number of nitrogens with two attached hydrogens (primary N) is 1. The van der Waals surface area contributed by atoms with E-state index >= 15 is 0 Å². The van der Waals surface area contributed by atoms with E-state index < -0.39 is 0 Å². The van der Waals surface area contributed by atoms with E-state index in [4.69, 9.17) is 24.7 Å². The van der Waals surface area contributed by atoms with Crippen LogP contribution >= 0.6 is 0 Å². The van der Waals surface area contributed by atoms with Crippen LogP contribution in [0.1, 0.15) is 105 Å². The highest BCUT2D eigenvalue weighted by molar-refractivity contribution is 6.01. The number of rotatable bonds is 20. The summed E-state index contributed by atoms with van der Waals surface area (Å²) in [6.45, 7) is 16.8. The zero-order chi connectivity index (χ0) is 52.3. The van der Waals surface area contributed by atoms with Crippen LogP contribution in [0.5, 0.6) is 23.0 Å². The Bertz CT molecular complexity index is 2710. The molecule has 9 rings (SSSR count). The molecule has 4 aliphatic rings. The van der Waals surface area contributed by atoms with Gasteiger partial charge in [-0.15, -0.1) is 0 Å². The molecular weight excluding hydrogens is 937 g/mol. The van der Waals surface area contributed by atoms with Crippen molar-refractivity contribution in [3.8, 4) is 23.0 Å². The lowest BCUT2D eigenvalue weighted by atomic mass is 9.99. The van der Waals surface area contributed by atoms with E-state index in [-0.39, 0.29) is 29.8 Å². The van der Waals surface area contributed by atoms with Crippen LogP contribution in [0.4, 0.5) is 11.4 Å². The van der Waals surface area contributed by atoms with Crippen molar-refractivity contribution in [1.82, 2.24) is 34.5 Å².